The maximum absolute atomic E-state index is 13.5. The maximum Gasteiger partial charge on any atom is 0.228 e. The Hall–Kier alpha value is -1.68. The van der Waals surface area contributed by atoms with Crippen molar-refractivity contribution in [2.75, 3.05) is 5.32 Å². The second-order valence-electron chi connectivity index (χ2n) is 3.83. The van der Waals surface area contributed by atoms with Crippen molar-refractivity contribution < 1.29 is 9.18 Å². The normalized spacial score (nSPS) is 10.1. The topological polar surface area (TPSA) is 29.1 Å². The van der Waals surface area contributed by atoms with E-state index in [-0.39, 0.29) is 18.1 Å². The summed E-state index contributed by atoms with van der Waals surface area (Å²) in [7, 11) is 0. The van der Waals surface area contributed by atoms with Crippen LogP contribution in [0, 0.1) is 5.82 Å². The SMILES string of the molecule is O=C(Cc1cc(Br)ccc1F)Nc1ccccc1. The minimum Gasteiger partial charge on any atom is -0.326 e. The summed E-state index contributed by atoms with van der Waals surface area (Å²) < 4.78 is 14.2. The molecule has 2 nitrogen and oxygen atoms in total. The number of amides is 1. The van der Waals surface area contributed by atoms with Crippen molar-refractivity contribution in [1.82, 2.24) is 0 Å². The lowest BCUT2D eigenvalue weighted by molar-refractivity contribution is -0.115. The van der Waals surface area contributed by atoms with E-state index in [0.29, 0.717) is 11.3 Å². The van der Waals surface area contributed by atoms with Crippen LogP contribution < -0.4 is 5.32 Å². The Morgan fingerprint density at radius 1 is 1.17 bits per heavy atom. The summed E-state index contributed by atoms with van der Waals surface area (Å²) in [6.07, 6.45) is 0.0141. The molecule has 2 aromatic carbocycles. The number of nitrogens with one attached hydrogen (secondary N) is 1. The van der Waals surface area contributed by atoms with Crippen LogP contribution in [0.2, 0.25) is 0 Å². The van der Waals surface area contributed by atoms with Crippen molar-refractivity contribution in [3.05, 3.63) is 64.4 Å². The molecule has 92 valence electrons. The first-order valence-electron chi connectivity index (χ1n) is 5.44. The number of benzene rings is 2. The molecule has 0 unspecified atom stereocenters. The molecular formula is C14H11BrFNO. The van der Waals surface area contributed by atoms with E-state index in [1.165, 1.54) is 6.07 Å². The molecule has 1 amide bonds. The van der Waals surface area contributed by atoms with Gasteiger partial charge in [-0.3, -0.25) is 4.79 Å². The molecule has 2 rings (SSSR count). The largest absolute Gasteiger partial charge is 0.326 e. The lowest BCUT2D eigenvalue weighted by Crippen LogP contribution is -2.15. The minimum atomic E-state index is -0.374. The molecule has 0 aromatic heterocycles. The predicted octanol–water partition coefficient (Wildman–Crippen LogP) is 3.77. The van der Waals surface area contributed by atoms with E-state index < -0.39 is 0 Å². The first-order chi connectivity index (χ1) is 8.65. The molecule has 0 saturated heterocycles. The molecule has 0 atom stereocenters. The van der Waals surface area contributed by atoms with Crippen molar-refractivity contribution >= 4 is 27.5 Å². The molecule has 1 N–H and O–H groups in total. The van der Waals surface area contributed by atoms with E-state index in [1.807, 2.05) is 18.2 Å². The van der Waals surface area contributed by atoms with E-state index in [9.17, 15) is 9.18 Å². The minimum absolute atomic E-state index is 0.0141. The third kappa shape index (κ3) is 3.40. The Bertz CT molecular complexity index is 557. The van der Waals surface area contributed by atoms with Gasteiger partial charge in [-0.25, -0.2) is 4.39 Å². The van der Waals surface area contributed by atoms with Gasteiger partial charge in [-0.2, -0.15) is 0 Å². The number of rotatable bonds is 3. The number of carbonyl (C=O) groups excluding carboxylic acids is 1. The van der Waals surface area contributed by atoms with Gasteiger partial charge >= 0.3 is 0 Å². The van der Waals surface area contributed by atoms with E-state index >= 15 is 0 Å². The summed E-state index contributed by atoms with van der Waals surface area (Å²) in [5, 5.41) is 2.72. The smallest absolute Gasteiger partial charge is 0.228 e. The molecular weight excluding hydrogens is 297 g/mol. The molecule has 18 heavy (non-hydrogen) atoms. The Kier molecular flexibility index (Phi) is 4.10. The van der Waals surface area contributed by atoms with Crippen LogP contribution >= 0.6 is 15.9 Å². The molecule has 0 fully saturated rings. The molecule has 0 saturated carbocycles. The van der Waals surface area contributed by atoms with Crippen LogP contribution in [0.25, 0.3) is 0 Å². The van der Waals surface area contributed by atoms with Crippen LogP contribution in [0.15, 0.2) is 53.0 Å². The van der Waals surface area contributed by atoms with Gasteiger partial charge in [-0.05, 0) is 35.9 Å². The fourth-order valence-electron chi connectivity index (χ4n) is 1.58. The van der Waals surface area contributed by atoms with Gasteiger partial charge in [-0.1, -0.05) is 34.1 Å². The first-order valence-corrected chi connectivity index (χ1v) is 6.23. The molecule has 0 aliphatic rings. The lowest BCUT2D eigenvalue weighted by atomic mass is 10.1. The first kappa shape index (κ1) is 12.8. The van der Waals surface area contributed by atoms with E-state index in [2.05, 4.69) is 21.2 Å². The third-order valence-corrected chi connectivity index (χ3v) is 2.91. The highest BCUT2D eigenvalue weighted by molar-refractivity contribution is 9.10. The average molecular weight is 308 g/mol. The van der Waals surface area contributed by atoms with E-state index in [4.69, 9.17) is 0 Å². The monoisotopic (exact) mass is 307 g/mol. The fraction of sp³-hybridized carbons (Fsp3) is 0.0714. The highest BCUT2D eigenvalue weighted by atomic mass is 79.9. The third-order valence-electron chi connectivity index (χ3n) is 2.42. The van der Waals surface area contributed by atoms with Gasteiger partial charge < -0.3 is 5.32 Å². The van der Waals surface area contributed by atoms with Gasteiger partial charge in [0.2, 0.25) is 5.91 Å². The summed E-state index contributed by atoms with van der Waals surface area (Å²) in [5.74, 6) is -0.611. The molecule has 2 aromatic rings. The zero-order chi connectivity index (χ0) is 13.0. The van der Waals surface area contributed by atoms with Crippen molar-refractivity contribution in [1.29, 1.82) is 0 Å². The van der Waals surface area contributed by atoms with Crippen LogP contribution in [-0.4, -0.2) is 5.91 Å². The number of hydrogen-bond acceptors (Lipinski definition) is 1. The summed E-state index contributed by atoms with van der Waals surface area (Å²) in [5.41, 5.74) is 1.08. The number of carbonyl (C=O) groups is 1. The Morgan fingerprint density at radius 2 is 1.89 bits per heavy atom. The fourth-order valence-corrected chi connectivity index (χ4v) is 1.99. The number of hydrogen-bond donors (Lipinski definition) is 1. The average Bonchev–Trinajstić information content (AvgIpc) is 2.35. The quantitative estimate of drug-likeness (QED) is 0.919. The number of para-hydroxylation sites is 1. The lowest BCUT2D eigenvalue weighted by Gasteiger charge is -2.06. The molecule has 0 heterocycles. The molecule has 0 aliphatic carbocycles. The standard InChI is InChI=1S/C14H11BrFNO/c15-11-6-7-13(16)10(8-11)9-14(18)17-12-4-2-1-3-5-12/h1-8H,9H2,(H,17,18). The van der Waals surface area contributed by atoms with Crippen LogP contribution in [0.4, 0.5) is 10.1 Å². The summed E-state index contributed by atoms with van der Waals surface area (Å²) in [4.78, 5) is 11.8. The molecule has 0 aliphatic heterocycles. The van der Waals surface area contributed by atoms with Gasteiger partial charge in [-0.15, -0.1) is 0 Å². The summed E-state index contributed by atoms with van der Waals surface area (Å²) in [6, 6.07) is 13.7. The van der Waals surface area contributed by atoms with Crippen LogP contribution in [0.3, 0.4) is 0 Å². The molecule has 0 spiro atoms. The summed E-state index contributed by atoms with van der Waals surface area (Å²) in [6.45, 7) is 0. The zero-order valence-electron chi connectivity index (χ0n) is 9.49. The predicted molar refractivity (Wildman–Crippen MR) is 72.9 cm³/mol. The molecule has 4 heteroatoms. The highest BCUT2D eigenvalue weighted by Gasteiger charge is 2.08. The highest BCUT2D eigenvalue weighted by Crippen LogP contribution is 2.16. The summed E-state index contributed by atoms with van der Waals surface area (Å²) >= 11 is 3.25. The van der Waals surface area contributed by atoms with Crippen LogP contribution in [0.5, 0.6) is 0 Å². The van der Waals surface area contributed by atoms with Crippen molar-refractivity contribution in [2.45, 2.75) is 6.42 Å². The van der Waals surface area contributed by atoms with Gasteiger partial charge in [0, 0.05) is 10.2 Å². The van der Waals surface area contributed by atoms with Crippen LogP contribution in [-0.2, 0) is 11.2 Å². The van der Waals surface area contributed by atoms with Gasteiger partial charge in [0.1, 0.15) is 5.82 Å². The second kappa shape index (κ2) is 5.78. The molecule has 0 radical (unpaired) electrons. The van der Waals surface area contributed by atoms with Crippen LogP contribution in [0.1, 0.15) is 5.56 Å². The zero-order valence-corrected chi connectivity index (χ0v) is 11.1. The van der Waals surface area contributed by atoms with E-state index in [0.717, 1.165) is 4.47 Å². The number of halogens is 2. The van der Waals surface area contributed by atoms with Gasteiger partial charge in [0.05, 0.1) is 6.42 Å². The molecule has 0 bridgehead atoms. The van der Waals surface area contributed by atoms with Gasteiger partial charge in [0.15, 0.2) is 0 Å². The van der Waals surface area contributed by atoms with E-state index in [1.54, 1.807) is 24.3 Å². The van der Waals surface area contributed by atoms with Crippen molar-refractivity contribution in [3.8, 4) is 0 Å². The van der Waals surface area contributed by atoms with Gasteiger partial charge in [0.25, 0.3) is 0 Å². The Morgan fingerprint density at radius 3 is 2.61 bits per heavy atom. The van der Waals surface area contributed by atoms with Crippen molar-refractivity contribution in [3.63, 3.8) is 0 Å². The number of anilines is 1. The second-order valence-corrected chi connectivity index (χ2v) is 4.74. The van der Waals surface area contributed by atoms with Crippen molar-refractivity contribution in [2.24, 2.45) is 0 Å². The Labute approximate surface area is 113 Å². The Balaban J connectivity index is 2.05. The maximum atomic E-state index is 13.5.